The van der Waals surface area contributed by atoms with E-state index < -0.39 is 0 Å². The van der Waals surface area contributed by atoms with Gasteiger partial charge >= 0.3 is 0 Å². The fourth-order valence-corrected chi connectivity index (χ4v) is 4.82. The zero-order valence-corrected chi connectivity index (χ0v) is 16.2. The van der Waals surface area contributed by atoms with Crippen LogP contribution in [0.15, 0.2) is 53.0 Å². The normalized spacial score (nSPS) is 22.4. The van der Waals surface area contributed by atoms with E-state index in [0.29, 0.717) is 19.4 Å². The molecule has 2 heterocycles. The molecule has 1 N–H and O–H groups in total. The number of hydrogen-bond acceptors (Lipinski definition) is 4. The van der Waals surface area contributed by atoms with Crippen LogP contribution >= 0.6 is 11.3 Å². The highest BCUT2D eigenvalue weighted by Crippen LogP contribution is 2.43. The lowest BCUT2D eigenvalue weighted by atomic mass is 9.75. The maximum absolute atomic E-state index is 13.0. The van der Waals surface area contributed by atoms with E-state index in [1.807, 2.05) is 35.7 Å². The minimum atomic E-state index is -0.161. The third kappa shape index (κ3) is 3.69. The summed E-state index contributed by atoms with van der Waals surface area (Å²) in [5, 5.41) is 5.02. The highest BCUT2D eigenvalue weighted by molar-refractivity contribution is 7.10. The second kappa shape index (κ2) is 7.69. The number of thiophene rings is 1. The van der Waals surface area contributed by atoms with E-state index in [1.54, 1.807) is 11.3 Å². The molecule has 0 fully saturated rings. The first kappa shape index (κ1) is 18.0. The Labute approximate surface area is 163 Å². The maximum atomic E-state index is 13.0. The second-order valence-electron chi connectivity index (χ2n) is 7.16. The number of ketones is 1. The summed E-state index contributed by atoms with van der Waals surface area (Å²) >= 11 is 1.68. The summed E-state index contributed by atoms with van der Waals surface area (Å²) in [5.74, 6) is 0.976. The van der Waals surface area contributed by atoms with Gasteiger partial charge in [0.2, 0.25) is 5.91 Å². The van der Waals surface area contributed by atoms with Crippen molar-refractivity contribution in [1.82, 2.24) is 5.32 Å². The largest absolute Gasteiger partial charge is 0.494 e. The Bertz CT molecular complexity index is 867. The molecular formula is C22H23NO3S. The Kier molecular flexibility index (Phi) is 5.12. The van der Waals surface area contributed by atoms with Crippen LogP contribution in [0.3, 0.4) is 0 Å². The molecule has 1 aromatic heterocycles. The van der Waals surface area contributed by atoms with Crippen molar-refractivity contribution in [2.75, 3.05) is 6.61 Å². The summed E-state index contributed by atoms with van der Waals surface area (Å²) in [5.41, 5.74) is 2.62. The molecule has 1 aliphatic heterocycles. The van der Waals surface area contributed by atoms with E-state index in [2.05, 4.69) is 18.3 Å². The van der Waals surface area contributed by atoms with Crippen LogP contribution in [-0.2, 0) is 9.59 Å². The molecule has 4 nitrogen and oxygen atoms in total. The van der Waals surface area contributed by atoms with Gasteiger partial charge in [-0.15, -0.1) is 11.3 Å². The minimum Gasteiger partial charge on any atom is -0.494 e. The van der Waals surface area contributed by atoms with Crippen molar-refractivity contribution in [3.05, 3.63) is 63.5 Å². The van der Waals surface area contributed by atoms with Crippen molar-refractivity contribution < 1.29 is 14.3 Å². The van der Waals surface area contributed by atoms with E-state index >= 15 is 0 Å². The van der Waals surface area contributed by atoms with Gasteiger partial charge in [0.25, 0.3) is 0 Å². The number of amides is 1. The Morgan fingerprint density at radius 1 is 1.11 bits per heavy atom. The van der Waals surface area contributed by atoms with E-state index in [4.69, 9.17) is 4.74 Å². The van der Waals surface area contributed by atoms with Crippen LogP contribution in [0.2, 0.25) is 0 Å². The quantitative estimate of drug-likeness (QED) is 0.827. The highest BCUT2D eigenvalue weighted by Gasteiger charge is 2.38. The molecule has 2 atom stereocenters. The number of carbonyl (C=O) groups excluding carboxylic acids is 2. The van der Waals surface area contributed by atoms with Gasteiger partial charge < -0.3 is 10.1 Å². The van der Waals surface area contributed by atoms with Gasteiger partial charge in [-0.3, -0.25) is 9.59 Å². The Morgan fingerprint density at radius 3 is 2.63 bits per heavy atom. The monoisotopic (exact) mass is 381 g/mol. The van der Waals surface area contributed by atoms with E-state index in [0.717, 1.165) is 35.4 Å². The summed E-state index contributed by atoms with van der Waals surface area (Å²) in [6.07, 6.45) is 2.52. The van der Waals surface area contributed by atoms with Crippen LogP contribution in [0.1, 0.15) is 54.9 Å². The van der Waals surface area contributed by atoms with Gasteiger partial charge in [-0.2, -0.15) is 0 Å². The van der Waals surface area contributed by atoms with E-state index in [9.17, 15) is 9.59 Å². The SMILES string of the molecule is CCCOc1ccc([C@@H]2CC(=O)NC3=C2C(=O)C[C@H](c2cccs2)C3)cc1. The summed E-state index contributed by atoms with van der Waals surface area (Å²) in [6, 6.07) is 11.9. The fourth-order valence-electron chi connectivity index (χ4n) is 3.99. The van der Waals surface area contributed by atoms with Crippen LogP contribution < -0.4 is 10.1 Å². The molecule has 0 bridgehead atoms. The predicted molar refractivity (Wildman–Crippen MR) is 106 cm³/mol. The van der Waals surface area contributed by atoms with Crippen molar-refractivity contribution in [3.8, 4) is 5.75 Å². The number of allylic oxidation sites excluding steroid dienone is 2. The molecule has 1 aliphatic carbocycles. The van der Waals surface area contributed by atoms with Crippen molar-refractivity contribution in [2.24, 2.45) is 0 Å². The molecule has 27 heavy (non-hydrogen) atoms. The van der Waals surface area contributed by atoms with Gasteiger partial charge in [-0.25, -0.2) is 0 Å². The van der Waals surface area contributed by atoms with Gasteiger partial charge in [0.15, 0.2) is 5.78 Å². The number of Topliss-reactive ketones (excluding diaryl/α,β-unsaturated/α-hetero) is 1. The highest BCUT2D eigenvalue weighted by atomic mass is 32.1. The van der Waals surface area contributed by atoms with E-state index in [1.165, 1.54) is 4.88 Å². The van der Waals surface area contributed by atoms with Crippen LogP contribution in [0.4, 0.5) is 0 Å². The maximum Gasteiger partial charge on any atom is 0.225 e. The zero-order chi connectivity index (χ0) is 18.8. The van der Waals surface area contributed by atoms with Crippen LogP contribution in [-0.4, -0.2) is 18.3 Å². The Balaban J connectivity index is 1.62. The lowest BCUT2D eigenvalue weighted by molar-refractivity contribution is -0.122. The molecule has 1 amide bonds. The van der Waals surface area contributed by atoms with Crippen LogP contribution in [0, 0.1) is 0 Å². The first-order chi connectivity index (χ1) is 13.2. The number of rotatable bonds is 5. The molecule has 0 spiro atoms. The molecule has 4 rings (SSSR count). The molecular weight excluding hydrogens is 358 g/mol. The van der Waals surface area contributed by atoms with Gasteiger partial charge in [-0.1, -0.05) is 25.1 Å². The first-order valence-corrected chi connectivity index (χ1v) is 10.4. The fraction of sp³-hybridized carbons (Fsp3) is 0.364. The molecule has 0 radical (unpaired) electrons. The molecule has 0 saturated carbocycles. The number of hydrogen-bond donors (Lipinski definition) is 1. The van der Waals surface area contributed by atoms with E-state index in [-0.39, 0.29) is 23.5 Å². The van der Waals surface area contributed by atoms with Gasteiger partial charge in [0, 0.05) is 40.8 Å². The minimum absolute atomic E-state index is 0.00955. The van der Waals surface area contributed by atoms with Gasteiger partial charge in [0.05, 0.1) is 6.61 Å². The predicted octanol–water partition coefficient (Wildman–Crippen LogP) is 4.54. The molecule has 1 aromatic carbocycles. The number of ether oxygens (including phenoxy) is 1. The lowest BCUT2D eigenvalue weighted by Crippen LogP contribution is -2.38. The topological polar surface area (TPSA) is 55.4 Å². The van der Waals surface area contributed by atoms with Gasteiger partial charge in [-0.05, 0) is 42.0 Å². The van der Waals surface area contributed by atoms with Crippen molar-refractivity contribution in [3.63, 3.8) is 0 Å². The average molecular weight is 381 g/mol. The molecule has 0 saturated heterocycles. The number of nitrogens with one attached hydrogen (secondary N) is 1. The summed E-state index contributed by atoms with van der Waals surface area (Å²) in [6.45, 7) is 2.75. The summed E-state index contributed by atoms with van der Waals surface area (Å²) in [4.78, 5) is 26.5. The molecule has 0 unspecified atom stereocenters. The molecule has 5 heteroatoms. The second-order valence-corrected chi connectivity index (χ2v) is 8.14. The van der Waals surface area contributed by atoms with Gasteiger partial charge in [0.1, 0.15) is 5.75 Å². The third-order valence-electron chi connectivity index (χ3n) is 5.24. The third-order valence-corrected chi connectivity index (χ3v) is 6.27. The summed E-state index contributed by atoms with van der Waals surface area (Å²) < 4.78 is 5.64. The smallest absolute Gasteiger partial charge is 0.225 e. The number of carbonyl (C=O) groups is 2. The Hall–Kier alpha value is -2.40. The van der Waals surface area contributed by atoms with Crippen LogP contribution in [0.25, 0.3) is 0 Å². The summed E-state index contributed by atoms with van der Waals surface area (Å²) in [7, 11) is 0. The van der Waals surface area contributed by atoms with Crippen molar-refractivity contribution >= 4 is 23.0 Å². The lowest BCUT2D eigenvalue weighted by Gasteiger charge is -2.34. The molecule has 2 aliphatic rings. The molecule has 2 aromatic rings. The molecule has 140 valence electrons. The van der Waals surface area contributed by atoms with Crippen LogP contribution in [0.5, 0.6) is 5.75 Å². The first-order valence-electron chi connectivity index (χ1n) is 9.48. The zero-order valence-electron chi connectivity index (χ0n) is 15.4. The number of benzene rings is 1. The Morgan fingerprint density at radius 2 is 1.93 bits per heavy atom. The van der Waals surface area contributed by atoms with Crippen molar-refractivity contribution in [1.29, 1.82) is 0 Å². The van der Waals surface area contributed by atoms with Crippen molar-refractivity contribution in [2.45, 2.75) is 44.4 Å². The standard InChI is InChI=1S/C22H23NO3S/c1-2-9-26-16-7-5-14(6-8-16)17-13-21(25)23-18-11-15(12-19(24)22(17)18)20-4-3-10-27-20/h3-8,10,15,17H,2,9,11-13H2,1H3,(H,23,25)/t15-,17+/m1/s1. The average Bonchev–Trinajstić information content (AvgIpc) is 3.20.